The smallest absolute Gasteiger partial charge is 0.204 e. The first-order chi connectivity index (χ1) is 5.76. The maximum Gasteiger partial charge on any atom is 0.204 e. The van der Waals surface area contributed by atoms with Crippen molar-refractivity contribution in [3.05, 3.63) is 29.8 Å². The maximum atomic E-state index is 8.58. The van der Waals surface area contributed by atoms with Gasteiger partial charge < -0.3 is 11.5 Å². The number of hydrogen-bond acceptors (Lipinski definition) is 2. The van der Waals surface area contributed by atoms with Gasteiger partial charge in [-0.2, -0.15) is 0 Å². The Morgan fingerprint density at radius 3 is 2.25 bits per heavy atom. The topological polar surface area (TPSA) is 69.1 Å². The largest absolute Gasteiger partial charge is 0.399 e. The molecular formula is C9H14N2O. The molecule has 3 heteroatoms. The molecule has 1 aromatic rings. The summed E-state index contributed by atoms with van der Waals surface area (Å²) in [4.78, 5) is 8.58. The van der Waals surface area contributed by atoms with Crippen molar-refractivity contribution in [2.75, 3.05) is 5.73 Å². The third kappa shape index (κ3) is 3.61. The zero-order valence-electron chi connectivity index (χ0n) is 7.16. The van der Waals surface area contributed by atoms with Crippen LogP contribution in [0.15, 0.2) is 24.3 Å². The molecule has 1 rings (SSSR count). The lowest BCUT2D eigenvalue weighted by atomic mass is 10.1. The van der Waals surface area contributed by atoms with Gasteiger partial charge in [0, 0.05) is 5.69 Å². The number of carbonyl (C=O) groups excluding carboxylic acids is 1. The van der Waals surface area contributed by atoms with E-state index in [4.69, 9.17) is 10.5 Å². The highest BCUT2D eigenvalue weighted by Crippen LogP contribution is 2.09. The SMILES string of the molecule is CCc1ccccc1N.NC=O. The van der Waals surface area contributed by atoms with Crippen LogP contribution in [0.5, 0.6) is 0 Å². The molecule has 0 aliphatic heterocycles. The molecule has 0 aromatic heterocycles. The van der Waals surface area contributed by atoms with Crippen molar-refractivity contribution in [3.8, 4) is 0 Å². The molecule has 12 heavy (non-hydrogen) atoms. The lowest BCUT2D eigenvalue weighted by Gasteiger charge is -1.98. The number of para-hydroxylation sites is 1. The Bertz CT molecular complexity index is 236. The summed E-state index contributed by atoms with van der Waals surface area (Å²) in [6.07, 6.45) is 1.27. The normalized spacial score (nSPS) is 8.08. The standard InChI is InChI=1S/C8H11N.CH3NO/c1-2-7-5-3-4-6-8(7)9;2-1-3/h3-6H,2,9H2,1H3;1H,(H2,2,3). The highest BCUT2D eigenvalue weighted by molar-refractivity contribution is 5.46. The number of nitrogens with two attached hydrogens (primary N) is 2. The summed E-state index contributed by atoms with van der Waals surface area (Å²) in [6, 6.07) is 7.94. The number of nitrogen functional groups attached to an aromatic ring is 1. The van der Waals surface area contributed by atoms with E-state index in [2.05, 4.69) is 18.7 Å². The third-order valence-corrected chi connectivity index (χ3v) is 1.44. The van der Waals surface area contributed by atoms with Crippen molar-refractivity contribution in [2.45, 2.75) is 13.3 Å². The molecule has 0 unspecified atom stereocenters. The molecule has 1 aromatic carbocycles. The van der Waals surface area contributed by atoms with Crippen LogP contribution in [0.1, 0.15) is 12.5 Å². The molecule has 3 nitrogen and oxygen atoms in total. The van der Waals surface area contributed by atoms with E-state index in [0.717, 1.165) is 12.1 Å². The zero-order valence-corrected chi connectivity index (χ0v) is 7.16. The summed E-state index contributed by atoms with van der Waals surface area (Å²) in [5.74, 6) is 0. The fourth-order valence-electron chi connectivity index (χ4n) is 0.856. The number of rotatable bonds is 1. The van der Waals surface area contributed by atoms with Gasteiger partial charge in [-0.3, -0.25) is 4.79 Å². The van der Waals surface area contributed by atoms with Gasteiger partial charge in [-0.05, 0) is 18.1 Å². The Balaban J connectivity index is 0.000000354. The van der Waals surface area contributed by atoms with Crippen molar-refractivity contribution in [1.29, 1.82) is 0 Å². The summed E-state index contributed by atoms with van der Waals surface area (Å²) in [5, 5.41) is 0. The molecule has 66 valence electrons. The quantitative estimate of drug-likeness (QED) is 0.481. The zero-order chi connectivity index (χ0) is 9.40. The van der Waals surface area contributed by atoms with Crippen LogP contribution >= 0.6 is 0 Å². The average Bonchev–Trinajstić information content (AvgIpc) is 2.07. The van der Waals surface area contributed by atoms with Crippen LogP contribution in [0.25, 0.3) is 0 Å². The minimum absolute atomic E-state index is 0.250. The number of primary amides is 1. The predicted molar refractivity (Wildman–Crippen MR) is 50.5 cm³/mol. The third-order valence-electron chi connectivity index (χ3n) is 1.44. The van der Waals surface area contributed by atoms with Gasteiger partial charge in [0.05, 0.1) is 0 Å². The van der Waals surface area contributed by atoms with E-state index in [1.165, 1.54) is 5.56 Å². The second-order valence-corrected chi connectivity index (χ2v) is 2.19. The fraction of sp³-hybridized carbons (Fsp3) is 0.222. The van der Waals surface area contributed by atoms with Crippen molar-refractivity contribution < 1.29 is 4.79 Å². The fourth-order valence-corrected chi connectivity index (χ4v) is 0.856. The molecule has 0 aliphatic rings. The van der Waals surface area contributed by atoms with Crippen molar-refractivity contribution >= 4 is 12.1 Å². The van der Waals surface area contributed by atoms with Crippen LogP contribution < -0.4 is 11.5 Å². The van der Waals surface area contributed by atoms with Crippen molar-refractivity contribution in [2.24, 2.45) is 5.73 Å². The lowest BCUT2D eigenvalue weighted by Crippen LogP contribution is -1.90. The molecule has 0 heterocycles. The lowest BCUT2D eigenvalue weighted by molar-refractivity contribution is -0.106. The second-order valence-electron chi connectivity index (χ2n) is 2.19. The second kappa shape index (κ2) is 6.22. The molecule has 0 atom stereocenters. The minimum atomic E-state index is 0.250. The predicted octanol–water partition coefficient (Wildman–Crippen LogP) is 0.933. The first kappa shape index (κ1) is 10.5. The number of carbonyl (C=O) groups is 1. The van der Waals surface area contributed by atoms with Crippen LogP contribution in [0, 0.1) is 0 Å². The Morgan fingerprint density at radius 2 is 1.92 bits per heavy atom. The maximum absolute atomic E-state index is 8.58. The van der Waals surface area contributed by atoms with Crippen molar-refractivity contribution in [3.63, 3.8) is 0 Å². The Morgan fingerprint density at radius 1 is 1.42 bits per heavy atom. The van der Waals surface area contributed by atoms with E-state index in [-0.39, 0.29) is 6.41 Å². The first-order valence-electron chi connectivity index (χ1n) is 3.75. The van der Waals surface area contributed by atoms with E-state index < -0.39 is 0 Å². The van der Waals surface area contributed by atoms with Crippen LogP contribution in [0.3, 0.4) is 0 Å². The number of amides is 1. The molecular weight excluding hydrogens is 152 g/mol. The summed E-state index contributed by atoms with van der Waals surface area (Å²) >= 11 is 0. The van der Waals surface area contributed by atoms with E-state index in [1.54, 1.807) is 0 Å². The minimum Gasteiger partial charge on any atom is -0.399 e. The molecule has 0 saturated heterocycles. The molecule has 1 amide bonds. The molecule has 0 radical (unpaired) electrons. The Kier molecular flexibility index (Phi) is 5.43. The van der Waals surface area contributed by atoms with E-state index in [1.807, 2.05) is 18.2 Å². The van der Waals surface area contributed by atoms with Gasteiger partial charge in [0.15, 0.2) is 0 Å². The van der Waals surface area contributed by atoms with Crippen molar-refractivity contribution in [1.82, 2.24) is 0 Å². The first-order valence-corrected chi connectivity index (χ1v) is 3.75. The van der Waals surface area contributed by atoms with Crippen LogP contribution in [0.2, 0.25) is 0 Å². The van der Waals surface area contributed by atoms with E-state index in [0.29, 0.717) is 0 Å². The Labute approximate surface area is 72.4 Å². The number of aryl methyl sites for hydroxylation is 1. The summed E-state index contributed by atoms with van der Waals surface area (Å²) in [6.45, 7) is 2.10. The van der Waals surface area contributed by atoms with Gasteiger partial charge >= 0.3 is 0 Å². The summed E-state index contributed by atoms with van der Waals surface area (Å²) in [7, 11) is 0. The molecule has 0 aliphatic carbocycles. The van der Waals surface area contributed by atoms with Gasteiger partial charge in [0.2, 0.25) is 6.41 Å². The molecule has 4 N–H and O–H groups in total. The van der Waals surface area contributed by atoms with Gasteiger partial charge in [-0.25, -0.2) is 0 Å². The van der Waals surface area contributed by atoms with E-state index >= 15 is 0 Å². The number of hydrogen-bond donors (Lipinski definition) is 2. The average molecular weight is 166 g/mol. The molecule has 0 spiro atoms. The summed E-state index contributed by atoms with van der Waals surface area (Å²) < 4.78 is 0. The highest BCUT2D eigenvalue weighted by atomic mass is 16.1. The highest BCUT2D eigenvalue weighted by Gasteiger charge is 1.90. The van der Waals surface area contributed by atoms with Gasteiger partial charge in [-0.1, -0.05) is 25.1 Å². The molecule has 0 bridgehead atoms. The van der Waals surface area contributed by atoms with Crippen LogP contribution in [-0.4, -0.2) is 6.41 Å². The number of benzene rings is 1. The summed E-state index contributed by atoms with van der Waals surface area (Å²) in [5.41, 5.74) is 11.9. The molecule has 0 saturated carbocycles. The molecule has 0 fully saturated rings. The van der Waals surface area contributed by atoms with Gasteiger partial charge in [-0.15, -0.1) is 0 Å². The van der Waals surface area contributed by atoms with Gasteiger partial charge in [0.25, 0.3) is 0 Å². The monoisotopic (exact) mass is 166 g/mol. The van der Waals surface area contributed by atoms with E-state index in [9.17, 15) is 0 Å². The van der Waals surface area contributed by atoms with Gasteiger partial charge in [0.1, 0.15) is 0 Å². The Hall–Kier alpha value is -1.51. The van der Waals surface area contributed by atoms with Crippen LogP contribution in [0.4, 0.5) is 5.69 Å². The number of anilines is 1. The van der Waals surface area contributed by atoms with Crippen LogP contribution in [-0.2, 0) is 11.2 Å².